The van der Waals surface area contributed by atoms with Crippen LogP contribution in [0.2, 0.25) is 0 Å². The zero-order valence-corrected chi connectivity index (χ0v) is 12.8. The van der Waals surface area contributed by atoms with E-state index in [1.54, 1.807) is 30.5 Å². The third-order valence-electron chi connectivity index (χ3n) is 2.68. The summed E-state index contributed by atoms with van der Waals surface area (Å²) >= 11 is 0. The van der Waals surface area contributed by atoms with E-state index in [4.69, 9.17) is 0 Å². The van der Waals surface area contributed by atoms with Crippen molar-refractivity contribution < 1.29 is 14.0 Å². The van der Waals surface area contributed by atoms with Gasteiger partial charge in [0.2, 0.25) is 5.91 Å². The Morgan fingerprint density at radius 1 is 1.26 bits per heavy atom. The van der Waals surface area contributed by atoms with Gasteiger partial charge in [-0.3, -0.25) is 14.6 Å². The van der Waals surface area contributed by atoms with Crippen molar-refractivity contribution in [3.8, 4) is 0 Å². The molecule has 0 aliphatic rings. The minimum Gasteiger partial charge on any atom is -0.352 e. The lowest BCUT2D eigenvalue weighted by atomic mass is 10.2. The molecule has 1 heterocycles. The predicted molar refractivity (Wildman–Crippen MR) is 87.5 cm³/mol. The van der Waals surface area contributed by atoms with Crippen LogP contribution in [-0.4, -0.2) is 16.8 Å². The lowest BCUT2D eigenvalue weighted by molar-refractivity contribution is -0.119. The van der Waals surface area contributed by atoms with Gasteiger partial charge in [-0.05, 0) is 29.8 Å². The summed E-state index contributed by atoms with van der Waals surface area (Å²) in [5.74, 6) is -0.272. The maximum atomic E-state index is 11.9. The lowest BCUT2D eigenvalue weighted by Gasteiger charge is -2.07. The van der Waals surface area contributed by atoms with Crippen LogP contribution in [0.3, 0.4) is 0 Å². The summed E-state index contributed by atoms with van der Waals surface area (Å²) in [6.07, 6.45) is 3.38. The van der Waals surface area contributed by atoms with Gasteiger partial charge in [-0.15, -0.1) is 0 Å². The summed E-state index contributed by atoms with van der Waals surface area (Å²) in [6.45, 7) is 4.65. The van der Waals surface area contributed by atoms with Crippen molar-refractivity contribution in [1.82, 2.24) is 10.3 Å². The van der Waals surface area contributed by atoms with Crippen LogP contribution in [0.5, 0.6) is 0 Å². The molecule has 0 fully saturated rings. The van der Waals surface area contributed by atoms with Crippen molar-refractivity contribution >= 4 is 17.5 Å². The largest absolute Gasteiger partial charge is 0.352 e. The molecule has 0 aliphatic carbocycles. The molecule has 0 radical (unpaired) electrons. The second-order valence-corrected chi connectivity index (χ2v) is 4.46. The van der Waals surface area contributed by atoms with E-state index >= 15 is 0 Å². The van der Waals surface area contributed by atoms with E-state index in [-0.39, 0.29) is 18.1 Å². The Morgan fingerprint density at radius 2 is 1.91 bits per heavy atom. The van der Waals surface area contributed by atoms with Gasteiger partial charge in [0.15, 0.2) is 0 Å². The minimum absolute atomic E-state index is 0.0704. The number of hydrogen-bond acceptors (Lipinski definition) is 3. The normalized spacial score (nSPS) is 9.13. The fourth-order valence-corrected chi connectivity index (χ4v) is 1.63. The Kier molecular flexibility index (Phi) is 7.71. The smallest absolute Gasteiger partial charge is 0.257 e. The number of hydrogen-bond donors (Lipinski definition) is 2. The Morgan fingerprint density at radius 3 is 2.43 bits per heavy atom. The molecule has 0 spiro atoms. The molecule has 1 aromatic heterocycles. The molecule has 0 atom stereocenters. The van der Waals surface area contributed by atoms with E-state index in [1.807, 2.05) is 12.1 Å². The number of carbonyl (C=O) groups excluding carboxylic acids is 2. The average Bonchev–Trinajstić information content (AvgIpc) is 2.55. The van der Waals surface area contributed by atoms with Crippen LogP contribution >= 0.6 is 0 Å². The first-order valence-electron chi connectivity index (χ1n) is 6.82. The Labute approximate surface area is 134 Å². The summed E-state index contributed by atoms with van der Waals surface area (Å²) in [7, 11) is 0. The van der Waals surface area contributed by atoms with E-state index in [1.165, 1.54) is 13.1 Å². The summed E-state index contributed by atoms with van der Waals surface area (Å²) in [5.41, 5.74) is 2.18. The van der Waals surface area contributed by atoms with Gasteiger partial charge in [0.25, 0.3) is 5.91 Å². The standard InChI is InChI=1S/C15H15N3O2.C2H3F/c1-11(19)17-9-12-4-6-14(7-5-12)18-15(20)13-3-2-8-16-10-13;1-2-3/h2-8,10H,9H2,1H3,(H,17,19)(H,18,20);2H,1H2. The molecule has 23 heavy (non-hydrogen) atoms. The van der Waals surface area contributed by atoms with Crippen LogP contribution in [0.25, 0.3) is 0 Å². The Bertz CT molecular complexity index is 643. The van der Waals surface area contributed by atoms with Crippen molar-refractivity contribution in [3.05, 3.63) is 72.8 Å². The molecule has 2 N–H and O–H groups in total. The summed E-state index contributed by atoms with van der Waals surface area (Å²) in [4.78, 5) is 26.6. The Balaban J connectivity index is 0.000000816. The van der Waals surface area contributed by atoms with Crippen molar-refractivity contribution in [2.75, 3.05) is 5.32 Å². The van der Waals surface area contributed by atoms with Gasteiger partial charge in [0.05, 0.1) is 11.9 Å². The zero-order valence-electron chi connectivity index (χ0n) is 12.8. The number of benzene rings is 1. The molecular formula is C17H18FN3O2. The van der Waals surface area contributed by atoms with Crippen molar-refractivity contribution in [2.45, 2.75) is 13.5 Å². The maximum absolute atomic E-state index is 11.9. The molecular weight excluding hydrogens is 297 g/mol. The monoisotopic (exact) mass is 315 g/mol. The van der Waals surface area contributed by atoms with Crippen LogP contribution in [0, 0.1) is 0 Å². The molecule has 0 saturated carbocycles. The number of pyridine rings is 1. The number of halogens is 1. The first kappa shape index (κ1) is 18.0. The van der Waals surface area contributed by atoms with Gasteiger partial charge in [0.1, 0.15) is 0 Å². The molecule has 6 heteroatoms. The number of rotatable bonds is 4. The first-order chi connectivity index (χ1) is 11.1. The lowest BCUT2D eigenvalue weighted by Crippen LogP contribution is -2.18. The third kappa shape index (κ3) is 6.99. The minimum atomic E-state index is -0.201. The fourth-order valence-electron chi connectivity index (χ4n) is 1.63. The average molecular weight is 315 g/mol. The van der Waals surface area contributed by atoms with Crippen LogP contribution in [0.1, 0.15) is 22.8 Å². The predicted octanol–water partition coefficient (Wildman–Crippen LogP) is 3.07. The SMILES string of the molecule is C=CF.CC(=O)NCc1ccc(NC(=O)c2cccnc2)cc1. The summed E-state index contributed by atoms with van der Waals surface area (Å²) in [6, 6.07) is 10.7. The number of nitrogens with zero attached hydrogens (tertiary/aromatic N) is 1. The summed E-state index contributed by atoms with van der Waals surface area (Å²) < 4.78 is 10.1. The van der Waals surface area contributed by atoms with Crippen LogP contribution in [0.4, 0.5) is 10.1 Å². The molecule has 5 nitrogen and oxygen atoms in total. The fraction of sp³-hybridized carbons (Fsp3) is 0.118. The quantitative estimate of drug-likeness (QED) is 0.911. The van der Waals surface area contributed by atoms with E-state index < -0.39 is 0 Å². The van der Waals surface area contributed by atoms with Gasteiger partial charge in [-0.1, -0.05) is 18.7 Å². The summed E-state index contributed by atoms with van der Waals surface area (Å²) in [5, 5.41) is 5.50. The van der Waals surface area contributed by atoms with Gasteiger partial charge >= 0.3 is 0 Å². The van der Waals surface area contributed by atoms with E-state index in [0.29, 0.717) is 17.8 Å². The number of carbonyl (C=O) groups is 2. The number of nitrogens with one attached hydrogen (secondary N) is 2. The second kappa shape index (κ2) is 9.83. The maximum Gasteiger partial charge on any atom is 0.257 e. The number of amides is 2. The first-order valence-corrected chi connectivity index (χ1v) is 6.82. The topological polar surface area (TPSA) is 71.1 Å². The van der Waals surface area contributed by atoms with Crippen molar-refractivity contribution in [2.24, 2.45) is 0 Å². The van der Waals surface area contributed by atoms with Gasteiger partial charge in [0, 0.05) is 31.5 Å². The molecule has 0 aliphatic heterocycles. The van der Waals surface area contributed by atoms with Gasteiger partial charge < -0.3 is 10.6 Å². The van der Waals surface area contributed by atoms with E-state index in [9.17, 15) is 14.0 Å². The van der Waals surface area contributed by atoms with E-state index in [0.717, 1.165) is 5.56 Å². The highest BCUT2D eigenvalue weighted by atomic mass is 19.1. The molecule has 2 rings (SSSR count). The third-order valence-corrected chi connectivity index (χ3v) is 2.68. The van der Waals surface area contributed by atoms with Crippen LogP contribution in [-0.2, 0) is 11.3 Å². The van der Waals surface area contributed by atoms with Crippen molar-refractivity contribution in [1.29, 1.82) is 0 Å². The number of anilines is 1. The van der Waals surface area contributed by atoms with Crippen LogP contribution < -0.4 is 10.6 Å². The van der Waals surface area contributed by atoms with E-state index in [2.05, 4.69) is 22.2 Å². The zero-order chi connectivity index (χ0) is 17.1. The molecule has 120 valence electrons. The molecule has 2 aromatic rings. The highest BCUT2D eigenvalue weighted by Crippen LogP contribution is 2.11. The number of aromatic nitrogens is 1. The van der Waals surface area contributed by atoms with Crippen LogP contribution in [0.15, 0.2) is 61.7 Å². The highest BCUT2D eigenvalue weighted by Gasteiger charge is 2.05. The van der Waals surface area contributed by atoms with Crippen molar-refractivity contribution in [3.63, 3.8) is 0 Å². The van der Waals surface area contributed by atoms with Gasteiger partial charge in [-0.25, -0.2) is 4.39 Å². The molecule has 2 amide bonds. The molecule has 0 saturated heterocycles. The second-order valence-electron chi connectivity index (χ2n) is 4.46. The van der Waals surface area contributed by atoms with Gasteiger partial charge in [-0.2, -0.15) is 0 Å². The molecule has 0 unspecified atom stereocenters. The molecule has 1 aromatic carbocycles. The Hall–Kier alpha value is -3.02. The highest BCUT2D eigenvalue weighted by molar-refractivity contribution is 6.03. The molecule has 0 bridgehead atoms.